The van der Waals surface area contributed by atoms with Gasteiger partial charge in [0.1, 0.15) is 6.54 Å². The number of hydrogen-bond acceptors (Lipinski definition) is 3. The zero-order valence-corrected chi connectivity index (χ0v) is 8.11. The molecule has 70 valence electrons. The van der Waals surface area contributed by atoms with Crippen LogP contribution in [0.2, 0.25) is 0 Å². The summed E-state index contributed by atoms with van der Waals surface area (Å²) in [6.07, 6.45) is 0. The third kappa shape index (κ3) is 4.09. The van der Waals surface area contributed by atoms with Gasteiger partial charge in [0.25, 0.3) is 0 Å². The molecule has 12 heavy (non-hydrogen) atoms. The fraction of sp³-hybridized carbons (Fsp3) is 0.667. The summed E-state index contributed by atoms with van der Waals surface area (Å²) in [6, 6.07) is 0. The fourth-order valence-electron chi connectivity index (χ4n) is 0.607. The Morgan fingerprint density at radius 1 is 1.75 bits per heavy atom. The van der Waals surface area contributed by atoms with E-state index in [1.54, 1.807) is 18.9 Å². The van der Waals surface area contributed by atoms with Crippen molar-refractivity contribution >= 4 is 23.3 Å². The molecule has 0 heterocycles. The standard InChI is InChI=1S/C6H13N3O2S/c1-3-11-5(10)4-9(2)6(12)8-7/h3-4,7H2,1-2H3,(H,8,12)/p+1. The minimum absolute atomic E-state index is 0.148. The van der Waals surface area contributed by atoms with Gasteiger partial charge in [-0.25, -0.2) is 5.43 Å². The molecule has 5 nitrogen and oxygen atoms in total. The van der Waals surface area contributed by atoms with Crippen LogP contribution in [0.15, 0.2) is 0 Å². The van der Waals surface area contributed by atoms with E-state index in [4.69, 9.17) is 17.0 Å². The highest BCUT2D eigenvalue weighted by atomic mass is 32.1. The number of esters is 1. The van der Waals surface area contributed by atoms with Gasteiger partial charge < -0.3 is 9.64 Å². The lowest BCUT2D eigenvalue weighted by atomic mass is 10.6. The molecule has 0 aliphatic rings. The summed E-state index contributed by atoms with van der Waals surface area (Å²) < 4.78 is 4.72. The van der Waals surface area contributed by atoms with Crippen molar-refractivity contribution in [1.29, 1.82) is 0 Å². The molecule has 0 unspecified atom stereocenters. The Kier molecular flexibility index (Phi) is 5.31. The van der Waals surface area contributed by atoms with Gasteiger partial charge in [0.2, 0.25) is 5.11 Å². The summed E-state index contributed by atoms with van der Waals surface area (Å²) in [6.45, 7) is 2.29. The van der Waals surface area contributed by atoms with E-state index in [2.05, 4.69) is 11.3 Å². The van der Waals surface area contributed by atoms with Crippen molar-refractivity contribution in [2.45, 2.75) is 6.92 Å². The number of carbonyl (C=O) groups is 1. The largest absolute Gasteiger partial charge is 0.465 e. The Balaban J connectivity index is 3.75. The number of thiocarbonyl (C=S) groups is 1. The summed E-state index contributed by atoms with van der Waals surface area (Å²) in [5.74, 6) is 3.08. The van der Waals surface area contributed by atoms with E-state index in [0.29, 0.717) is 11.7 Å². The van der Waals surface area contributed by atoms with Crippen molar-refractivity contribution in [3.8, 4) is 0 Å². The Morgan fingerprint density at radius 2 is 2.33 bits per heavy atom. The first-order chi connectivity index (χ1) is 5.61. The minimum Gasteiger partial charge on any atom is -0.465 e. The first-order valence-corrected chi connectivity index (χ1v) is 3.96. The van der Waals surface area contributed by atoms with E-state index < -0.39 is 0 Å². The van der Waals surface area contributed by atoms with Gasteiger partial charge in [0.15, 0.2) is 0 Å². The third-order valence-corrected chi connectivity index (χ3v) is 1.63. The molecule has 0 atom stereocenters. The van der Waals surface area contributed by atoms with Crippen molar-refractivity contribution in [2.24, 2.45) is 0 Å². The van der Waals surface area contributed by atoms with Crippen LogP contribution >= 0.6 is 12.2 Å². The van der Waals surface area contributed by atoms with Crippen molar-refractivity contribution in [2.75, 3.05) is 20.2 Å². The molecule has 0 aliphatic heterocycles. The van der Waals surface area contributed by atoms with Crippen LogP contribution in [0.4, 0.5) is 0 Å². The molecule has 0 bridgehead atoms. The van der Waals surface area contributed by atoms with E-state index in [0.717, 1.165) is 0 Å². The number of quaternary nitrogens is 1. The van der Waals surface area contributed by atoms with E-state index in [9.17, 15) is 4.79 Å². The molecule has 0 aromatic carbocycles. The Bertz CT molecular complexity index is 174. The van der Waals surface area contributed by atoms with Gasteiger partial charge >= 0.3 is 5.97 Å². The zero-order chi connectivity index (χ0) is 9.56. The van der Waals surface area contributed by atoms with Crippen molar-refractivity contribution in [3.63, 3.8) is 0 Å². The maximum atomic E-state index is 10.9. The number of carbonyl (C=O) groups excluding carboxylic acids is 1. The van der Waals surface area contributed by atoms with Crippen LogP contribution in [0.3, 0.4) is 0 Å². The second kappa shape index (κ2) is 5.73. The molecule has 0 aliphatic carbocycles. The molecule has 6 heteroatoms. The number of likely N-dealkylation sites (N-methyl/N-ethyl adjacent to an activating group) is 1. The quantitative estimate of drug-likeness (QED) is 0.324. The van der Waals surface area contributed by atoms with Crippen LogP contribution in [0.25, 0.3) is 0 Å². The molecule has 4 N–H and O–H groups in total. The fourth-order valence-corrected chi connectivity index (χ4v) is 0.672. The Morgan fingerprint density at radius 3 is 2.75 bits per heavy atom. The maximum absolute atomic E-state index is 10.9. The lowest BCUT2D eigenvalue weighted by molar-refractivity contribution is -0.420. The van der Waals surface area contributed by atoms with Gasteiger partial charge in [0, 0.05) is 7.05 Å². The lowest BCUT2D eigenvalue weighted by Gasteiger charge is -2.15. The predicted molar refractivity (Wildman–Crippen MR) is 47.9 cm³/mol. The van der Waals surface area contributed by atoms with Crippen LogP contribution in [0, 0.1) is 0 Å². The molecule has 0 saturated heterocycles. The van der Waals surface area contributed by atoms with Gasteiger partial charge in [-0.15, -0.1) is 0 Å². The first kappa shape index (κ1) is 11.1. The molecule has 0 radical (unpaired) electrons. The molecule has 0 rings (SSSR count). The van der Waals surface area contributed by atoms with Crippen molar-refractivity contribution in [3.05, 3.63) is 0 Å². The van der Waals surface area contributed by atoms with E-state index in [1.165, 1.54) is 0 Å². The second-order valence-corrected chi connectivity index (χ2v) is 2.53. The van der Waals surface area contributed by atoms with Crippen LogP contribution in [-0.4, -0.2) is 36.2 Å². The van der Waals surface area contributed by atoms with E-state index >= 15 is 0 Å². The highest BCUT2D eigenvalue weighted by Crippen LogP contribution is 1.86. The number of hydrogen-bond donors (Lipinski definition) is 2. The molecular weight excluding hydrogens is 178 g/mol. The lowest BCUT2D eigenvalue weighted by Crippen LogP contribution is -2.69. The minimum atomic E-state index is -0.294. The summed E-state index contributed by atoms with van der Waals surface area (Å²) in [5, 5.41) is 0.419. The molecule has 0 spiro atoms. The van der Waals surface area contributed by atoms with Crippen LogP contribution in [0.5, 0.6) is 0 Å². The predicted octanol–water partition coefficient (Wildman–Crippen LogP) is -1.49. The number of rotatable bonds is 3. The van der Waals surface area contributed by atoms with Gasteiger partial charge in [-0.1, -0.05) is 0 Å². The average molecular weight is 192 g/mol. The normalized spacial score (nSPS) is 8.92. The third-order valence-electron chi connectivity index (χ3n) is 1.17. The first-order valence-electron chi connectivity index (χ1n) is 3.55. The van der Waals surface area contributed by atoms with Crippen molar-refractivity contribution in [1.82, 2.24) is 10.3 Å². The zero-order valence-electron chi connectivity index (χ0n) is 7.29. The van der Waals surface area contributed by atoms with E-state index in [-0.39, 0.29) is 12.5 Å². The summed E-state index contributed by atoms with van der Waals surface area (Å²) in [7, 11) is 1.69. The van der Waals surface area contributed by atoms with Gasteiger partial charge in [-0.05, 0) is 19.1 Å². The molecule has 0 saturated carbocycles. The Labute approximate surface area is 76.8 Å². The number of ether oxygens (including phenoxy) is 1. The van der Waals surface area contributed by atoms with Gasteiger partial charge in [0.05, 0.1) is 6.61 Å². The SMILES string of the molecule is CCOC(=O)CN(C)C(=S)N[NH3+]. The van der Waals surface area contributed by atoms with Crippen LogP contribution < -0.4 is 11.3 Å². The molecule has 0 aromatic heterocycles. The maximum Gasteiger partial charge on any atom is 0.325 e. The topological polar surface area (TPSA) is 69.2 Å². The van der Waals surface area contributed by atoms with Crippen LogP contribution in [-0.2, 0) is 9.53 Å². The average Bonchev–Trinajstić information content (AvgIpc) is 2.03. The van der Waals surface area contributed by atoms with Crippen molar-refractivity contribution < 1.29 is 15.4 Å². The highest BCUT2D eigenvalue weighted by molar-refractivity contribution is 7.80. The smallest absolute Gasteiger partial charge is 0.325 e. The second-order valence-electron chi connectivity index (χ2n) is 2.14. The Hall–Kier alpha value is -0.880. The van der Waals surface area contributed by atoms with E-state index in [1.807, 2.05) is 0 Å². The van der Waals surface area contributed by atoms with Gasteiger partial charge in [-0.3, -0.25) is 10.6 Å². The summed E-state index contributed by atoms with van der Waals surface area (Å²) in [5.41, 5.74) is 2.51. The summed E-state index contributed by atoms with van der Waals surface area (Å²) >= 11 is 4.83. The number of nitrogens with zero attached hydrogens (tertiary/aromatic N) is 1. The summed E-state index contributed by atoms with van der Waals surface area (Å²) in [4.78, 5) is 12.5. The number of nitrogens with one attached hydrogen (secondary N) is 1. The molecule has 0 amide bonds. The molecule has 0 aromatic rings. The highest BCUT2D eigenvalue weighted by Gasteiger charge is 2.09. The molecular formula is C6H14N3O2S+. The van der Waals surface area contributed by atoms with Gasteiger partial charge in [-0.2, -0.15) is 0 Å². The van der Waals surface area contributed by atoms with Crippen LogP contribution in [0.1, 0.15) is 6.92 Å². The monoisotopic (exact) mass is 192 g/mol. The molecule has 0 fully saturated rings.